The topological polar surface area (TPSA) is 64.3 Å². The number of alkyl halides is 3. The van der Waals surface area contributed by atoms with Gasteiger partial charge in [0.1, 0.15) is 6.10 Å². The highest BCUT2D eigenvalue weighted by Crippen LogP contribution is 2.33. The summed E-state index contributed by atoms with van der Waals surface area (Å²) in [5.41, 5.74) is 4.70. The maximum atomic E-state index is 12.4. The summed E-state index contributed by atoms with van der Waals surface area (Å²) in [5, 5.41) is 2.47. The Hall–Kier alpha value is -1.76. The Balaban J connectivity index is 2.11. The molecule has 1 unspecified atom stereocenters. The SMILES string of the molecule is Nc1cc(C(F)(F)F)ccc1NC(=O)C1CCCO1. The quantitative estimate of drug-likeness (QED) is 0.814. The maximum Gasteiger partial charge on any atom is 0.416 e. The first-order valence-electron chi connectivity index (χ1n) is 5.77. The van der Waals surface area contributed by atoms with Gasteiger partial charge in [-0.2, -0.15) is 13.2 Å². The Bertz CT molecular complexity index is 482. The molecule has 0 radical (unpaired) electrons. The van der Waals surface area contributed by atoms with E-state index in [1.165, 1.54) is 0 Å². The highest BCUT2D eigenvalue weighted by molar-refractivity contribution is 5.96. The summed E-state index contributed by atoms with van der Waals surface area (Å²) in [5.74, 6) is -0.385. The first-order chi connectivity index (χ1) is 8.88. The number of halogens is 3. The van der Waals surface area contributed by atoms with Gasteiger partial charge in [-0.25, -0.2) is 0 Å². The number of anilines is 2. The number of nitrogen functional groups attached to an aromatic ring is 1. The lowest BCUT2D eigenvalue weighted by molar-refractivity contribution is -0.137. The second kappa shape index (κ2) is 5.08. The molecule has 1 fully saturated rings. The molecule has 3 N–H and O–H groups in total. The predicted octanol–water partition coefficient (Wildman–Crippen LogP) is 2.41. The zero-order valence-corrected chi connectivity index (χ0v) is 9.96. The number of benzene rings is 1. The largest absolute Gasteiger partial charge is 0.416 e. The lowest BCUT2D eigenvalue weighted by Crippen LogP contribution is -2.27. The van der Waals surface area contributed by atoms with Crippen molar-refractivity contribution in [2.45, 2.75) is 25.1 Å². The van der Waals surface area contributed by atoms with Crippen molar-refractivity contribution in [1.82, 2.24) is 0 Å². The summed E-state index contributed by atoms with van der Waals surface area (Å²) in [6.45, 7) is 0.514. The summed E-state index contributed by atoms with van der Waals surface area (Å²) in [6, 6.07) is 2.82. The van der Waals surface area contributed by atoms with Crippen LogP contribution in [0.5, 0.6) is 0 Å². The van der Waals surface area contributed by atoms with E-state index in [0.717, 1.165) is 24.6 Å². The van der Waals surface area contributed by atoms with Crippen LogP contribution in [0.25, 0.3) is 0 Å². The van der Waals surface area contributed by atoms with Crippen LogP contribution < -0.4 is 11.1 Å². The summed E-state index contributed by atoms with van der Waals surface area (Å²) in [6.07, 6.45) is -3.61. The minimum atomic E-state index is -4.45. The molecule has 1 aromatic rings. The van der Waals surface area contributed by atoms with Crippen molar-refractivity contribution < 1.29 is 22.7 Å². The number of carbonyl (C=O) groups is 1. The second-order valence-corrected chi connectivity index (χ2v) is 4.29. The fourth-order valence-electron chi connectivity index (χ4n) is 1.85. The molecule has 0 aromatic heterocycles. The molecule has 0 spiro atoms. The van der Waals surface area contributed by atoms with Gasteiger partial charge in [0.05, 0.1) is 16.9 Å². The van der Waals surface area contributed by atoms with Crippen LogP contribution >= 0.6 is 0 Å². The molecule has 0 bridgehead atoms. The Labute approximate surface area is 107 Å². The first-order valence-corrected chi connectivity index (χ1v) is 5.77. The van der Waals surface area contributed by atoms with Gasteiger partial charge in [0.2, 0.25) is 0 Å². The first kappa shape index (κ1) is 13.7. The molecular formula is C12H13F3N2O2. The highest BCUT2D eigenvalue weighted by atomic mass is 19.4. The minimum Gasteiger partial charge on any atom is -0.397 e. The molecule has 1 aromatic carbocycles. The number of hydrogen-bond acceptors (Lipinski definition) is 3. The van der Waals surface area contributed by atoms with Crippen molar-refractivity contribution >= 4 is 17.3 Å². The van der Waals surface area contributed by atoms with Crippen LogP contribution in [0.3, 0.4) is 0 Å². The van der Waals surface area contributed by atoms with Crippen molar-refractivity contribution in [3.8, 4) is 0 Å². The van der Waals surface area contributed by atoms with Crippen molar-refractivity contribution in [2.75, 3.05) is 17.7 Å². The number of carbonyl (C=O) groups excluding carboxylic acids is 1. The summed E-state index contributed by atoms with van der Waals surface area (Å²) < 4.78 is 42.5. The molecule has 4 nitrogen and oxygen atoms in total. The molecule has 1 aliphatic heterocycles. The third-order valence-electron chi connectivity index (χ3n) is 2.86. The fourth-order valence-corrected chi connectivity index (χ4v) is 1.85. The monoisotopic (exact) mass is 274 g/mol. The average molecular weight is 274 g/mol. The third-order valence-corrected chi connectivity index (χ3v) is 2.86. The molecular weight excluding hydrogens is 261 g/mol. The molecule has 19 heavy (non-hydrogen) atoms. The van der Waals surface area contributed by atoms with Crippen LogP contribution in [0.4, 0.5) is 24.5 Å². The molecule has 1 heterocycles. The molecule has 1 saturated heterocycles. The van der Waals surface area contributed by atoms with Crippen LogP contribution in [0, 0.1) is 0 Å². The number of hydrogen-bond donors (Lipinski definition) is 2. The van der Waals surface area contributed by atoms with Crippen molar-refractivity contribution in [2.24, 2.45) is 0 Å². The van der Waals surface area contributed by atoms with Crippen LogP contribution in [0.1, 0.15) is 18.4 Å². The van der Waals surface area contributed by atoms with E-state index in [9.17, 15) is 18.0 Å². The van der Waals surface area contributed by atoms with E-state index < -0.39 is 17.8 Å². The van der Waals surface area contributed by atoms with Crippen LogP contribution in [-0.4, -0.2) is 18.6 Å². The molecule has 0 aliphatic carbocycles. The van der Waals surface area contributed by atoms with Crippen LogP contribution in [0.2, 0.25) is 0 Å². The van der Waals surface area contributed by atoms with Gasteiger partial charge in [-0.1, -0.05) is 0 Å². The van der Waals surface area contributed by atoms with Crippen LogP contribution in [0.15, 0.2) is 18.2 Å². The molecule has 0 saturated carbocycles. The van der Waals surface area contributed by atoms with E-state index in [0.29, 0.717) is 13.0 Å². The molecule has 7 heteroatoms. The molecule has 1 aliphatic rings. The summed E-state index contributed by atoms with van der Waals surface area (Å²) in [4.78, 5) is 11.7. The Kier molecular flexibility index (Phi) is 3.66. The average Bonchev–Trinajstić information content (AvgIpc) is 2.84. The molecule has 104 valence electrons. The highest BCUT2D eigenvalue weighted by Gasteiger charge is 2.31. The fraction of sp³-hybridized carbons (Fsp3) is 0.417. The maximum absolute atomic E-state index is 12.4. The van der Waals surface area contributed by atoms with Crippen molar-refractivity contribution in [3.05, 3.63) is 23.8 Å². The van der Waals surface area contributed by atoms with E-state index in [-0.39, 0.29) is 17.3 Å². The lowest BCUT2D eigenvalue weighted by Gasteiger charge is -2.14. The van der Waals surface area contributed by atoms with E-state index in [1.54, 1.807) is 0 Å². The Morgan fingerprint density at radius 2 is 2.16 bits per heavy atom. The standard InChI is InChI=1S/C12H13F3N2O2/c13-12(14,15)7-3-4-9(8(16)6-7)17-11(18)10-2-1-5-19-10/h3-4,6,10H,1-2,5,16H2,(H,17,18). The zero-order valence-electron chi connectivity index (χ0n) is 9.96. The molecule has 1 atom stereocenters. The number of amides is 1. The molecule has 2 rings (SSSR count). The summed E-state index contributed by atoms with van der Waals surface area (Å²) >= 11 is 0. The smallest absolute Gasteiger partial charge is 0.397 e. The number of ether oxygens (including phenoxy) is 1. The normalized spacial score (nSPS) is 19.4. The van der Waals surface area contributed by atoms with Gasteiger partial charge < -0.3 is 15.8 Å². The lowest BCUT2D eigenvalue weighted by atomic mass is 10.1. The van der Waals surface area contributed by atoms with Gasteiger partial charge in [-0.05, 0) is 31.0 Å². The summed E-state index contributed by atoms with van der Waals surface area (Å²) in [7, 11) is 0. The van der Waals surface area contributed by atoms with E-state index in [2.05, 4.69) is 5.32 Å². The second-order valence-electron chi connectivity index (χ2n) is 4.29. The minimum absolute atomic E-state index is 0.124. The predicted molar refractivity (Wildman–Crippen MR) is 63.5 cm³/mol. The van der Waals surface area contributed by atoms with E-state index >= 15 is 0 Å². The van der Waals surface area contributed by atoms with Gasteiger partial charge in [0, 0.05) is 6.61 Å². The zero-order chi connectivity index (χ0) is 14.0. The number of nitrogens with two attached hydrogens (primary N) is 1. The third kappa shape index (κ3) is 3.17. The number of rotatable bonds is 2. The number of nitrogens with one attached hydrogen (secondary N) is 1. The van der Waals surface area contributed by atoms with Crippen molar-refractivity contribution in [1.29, 1.82) is 0 Å². The van der Waals surface area contributed by atoms with Gasteiger partial charge in [0.25, 0.3) is 5.91 Å². The Morgan fingerprint density at radius 1 is 1.42 bits per heavy atom. The Morgan fingerprint density at radius 3 is 2.68 bits per heavy atom. The van der Waals surface area contributed by atoms with E-state index in [1.807, 2.05) is 0 Å². The molecule has 1 amide bonds. The van der Waals surface area contributed by atoms with Gasteiger partial charge >= 0.3 is 6.18 Å². The van der Waals surface area contributed by atoms with Gasteiger partial charge in [-0.15, -0.1) is 0 Å². The van der Waals surface area contributed by atoms with Crippen LogP contribution in [-0.2, 0) is 15.7 Å². The van der Waals surface area contributed by atoms with Gasteiger partial charge in [0.15, 0.2) is 0 Å². The van der Waals surface area contributed by atoms with Gasteiger partial charge in [-0.3, -0.25) is 4.79 Å². The van der Waals surface area contributed by atoms with Crippen molar-refractivity contribution in [3.63, 3.8) is 0 Å². The van der Waals surface area contributed by atoms with E-state index in [4.69, 9.17) is 10.5 Å².